The Labute approximate surface area is 100 Å². The molecule has 0 unspecified atom stereocenters. The van der Waals surface area contributed by atoms with Gasteiger partial charge in [-0.25, -0.2) is 4.98 Å². The van der Waals surface area contributed by atoms with Crippen molar-refractivity contribution in [1.82, 2.24) is 4.98 Å². The van der Waals surface area contributed by atoms with Crippen LogP contribution < -0.4 is 10.5 Å². The standard InChI is InChI=1S/C12H17N3O2/c13-12(15-16)10-4-5-11(14-8-10)17-7-6-9-2-1-3-9/h4-5,8-9,16H,1-3,6-7H2,(H2,13,15). The van der Waals surface area contributed by atoms with Gasteiger partial charge in [0.25, 0.3) is 0 Å². The van der Waals surface area contributed by atoms with E-state index in [-0.39, 0.29) is 5.84 Å². The number of amidine groups is 1. The summed E-state index contributed by atoms with van der Waals surface area (Å²) in [7, 11) is 0. The predicted octanol–water partition coefficient (Wildman–Crippen LogP) is 1.75. The molecule has 0 bridgehead atoms. The molecule has 1 heterocycles. The van der Waals surface area contributed by atoms with Crippen LogP contribution in [0.15, 0.2) is 23.5 Å². The molecule has 1 saturated carbocycles. The fourth-order valence-corrected chi connectivity index (χ4v) is 1.79. The summed E-state index contributed by atoms with van der Waals surface area (Å²) in [5, 5.41) is 11.4. The third-order valence-electron chi connectivity index (χ3n) is 3.14. The van der Waals surface area contributed by atoms with Crippen LogP contribution in [0.25, 0.3) is 0 Å². The Bertz CT molecular complexity index is 385. The quantitative estimate of drug-likeness (QED) is 0.352. The molecule has 1 aliphatic carbocycles. The summed E-state index contributed by atoms with van der Waals surface area (Å²) >= 11 is 0. The highest BCUT2D eigenvalue weighted by molar-refractivity contribution is 5.96. The first-order valence-corrected chi connectivity index (χ1v) is 5.86. The fourth-order valence-electron chi connectivity index (χ4n) is 1.79. The molecule has 92 valence electrons. The zero-order valence-corrected chi connectivity index (χ0v) is 9.67. The maximum absolute atomic E-state index is 8.50. The van der Waals surface area contributed by atoms with Gasteiger partial charge in [-0.05, 0) is 18.4 Å². The lowest BCUT2D eigenvalue weighted by molar-refractivity contribution is 0.217. The first kappa shape index (κ1) is 11.7. The van der Waals surface area contributed by atoms with E-state index in [0.29, 0.717) is 18.1 Å². The van der Waals surface area contributed by atoms with Crippen LogP contribution in [-0.2, 0) is 0 Å². The smallest absolute Gasteiger partial charge is 0.213 e. The molecule has 0 amide bonds. The lowest BCUT2D eigenvalue weighted by Crippen LogP contribution is -2.15. The van der Waals surface area contributed by atoms with Crippen molar-refractivity contribution in [2.45, 2.75) is 25.7 Å². The Kier molecular flexibility index (Phi) is 3.80. The van der Waals surface area contributed by atoms with Gasteiger partial charge in [-0.3, -0.25) is 0 Å². The molecule has 0 spiro atoms. The number of hydrogen-bond acceptors (Lipinski definition) is 4. The van der Waals surface area contributed by atoms with Gasteiger partial charge in [0.1, 0.15) is 0 Å². The summed E-state index contributed by atoms with van der Waals surface area (Å²) in [6.45, 7) is 0.709. The van der Waals surface area contributed by atoms with E-state index in [2.05, 4.69) is 10.1 Å². The SMILES string of the molecule is N/C(=N/O)c1ccc(OCCC2CCC2)nc1. The van der Waals surface area contributed by atoms with E-state index in [1.54, 1.807) is 12.1 Å². The molecule has 5 heteroatoms. The molecule has 5 nitrogen and oxygen atoms in total. The first-order chi connectivity index (χ1) is 8.29. The van der Waals surface area contributed by atoms with Gasteiger partial charge in [0, 0.05) is 17.8 Å². The lowest BCUT2D eigenvalue weighted by atomic mass is 9.83. The van der Waals surface area contributed by atoms with E-state index in [1.807, 2.05) is 0 Å². The number of ether oxygens (including phenoxy) is 1. The predicted molar refractivity (Wildman–Crippen MR) is 64.2 cm³/mol. The zero-order valence-electron chi connectivity index (χ0n) is 9.67. The average Bonchev–Trinajstić information content (AvgIpc) is 2.32. The van der Waals surface area contributed by atoms with Gasteiger partial charge in [-0.1, -0.05) is 24.4 Å². The van der Waals surface area contributed by atoms with Gasteiger partial charge in [0.05, 0.1) is 6.61 Å². The minimum absolute atomic E-state index is 0.0542. The number of rotatable bonds is 5. The zero-order chi connectivity index (χ0) is 12.1. The molecule has 3 N–H and O–H groups in total. The second kappa shape index (κ2) is 5.52. The largest absolute Gasteiger partial charge is 0.478 e. The van der Waals surface area contributed by atoms with Crippen molar-refractivity contribution in [3.8, 4) is 5.88 Å². The minimum Gasteiger partial charge on any atom is -0.478 e. The number of oxime groups is 1. The number of pyridine rings is 1. The van der Waals surface area contributed by atoms with Crippen LogP contribution in [0.5, 0.6) is 5.88 Å². The van der Waals surface area contributed by atoms with Crippen LogP contribution in [0.3, 0.4) is 0 Å². The van der Waals surface area contributed by atoms with E-state index in [1.165, 1.54) is 25.5 Å². The second-order valence-corrected chi connectivity index (χ2v) is 4.30. The Hall–Kier alpha value is -1.78. The van der Waals surface area contributed by atoms with Crippen molar-refractivity contribution >= 4 is 5.84 Å². The highest BCUT2D eigenvalue weighted by Gasteiger charge is 2.16. The van der Waals surface area contributed by atoms with E-state index in [0.717, 1.165) is 12.3 Å². The fraction of sp³-hybridized carbons (Fsp3) is 0.500. The summed E-state index contributed by atoms with van der Waals surface area (Å²) in [6, 6.07) is 3.45. The molecule has 1 fully saturated rings. The van der Waals surface area contributed by atoms with E-state index in [4.69, 9.17) is 15.7 Å². The Morgan fingerprint density at radius 2 is 2.35 bits per heavy atom. The van der Waals surface area contributed by atoms with Crippen molar-refractivity contribution in [3.63, 3.8) is 0 Å². The van der Waals surface area contributed by atoms with Crippen LogP contribution >= 0.6 is 0 Å². The van der Waals surface area contributed by atoms with E-state index in [9.17, 15) is 0 Å². The Morgan fingerprint density at radius 3 is 2.88 bits per heavy atom. The summed E-state index contributed by atoms with van der Waals surface area (Å²) < 4.78 is 5.53. The normalized spacial score (nSPS) is 16.6. The van der Waals surface area contributed by atoms with Crippen LogP contribution in [-0.4, -0.2) is 22.6 Å². The molecule has 0 radical (unpaired) electrons. The molecular weight excluding hydrogens is 218 g/mol. The van der Waals surface area contributed by atoms with Gasteiger partial charge in [0.2, 0.25) is 5.88 Å². The monoisotopic (exact) mass is 235 g/mol. The van der Waals surface area contributed by atoms with Crippen LogP contribution in [0.2, 0.25) is 0 Å². The van der Waals surface area contributed by atoms with Crippen molar-refractivity contribution in [2.75, 3.05) is 6.61 Å². The number of nitrogens with zero attached hydrogens (tertiary/aromatic N) is 2. The molecular formula is C12H17N3O2. The summed E-state index contributed by atoms with van der Waals surface area (Å²) in [4.78, 5) is 4.09. The third kappa shape index (κ3) is 3.09. The van der Waals surface area contributed by atoms with Crippen LogP contribution in [0.1, 0.15) is 31.2 Å². The van der Waals surface area contributed by atoms with Gasteiger partial charge in [0.15, 0.2) is 5.84 Å². The van der Waals surface area contributed by atoms with Crippen molar-refractivity contribution in [3.05, 3.63) is 23.9 Å². The first-order valence-electron chi connectivity index (χ1n) is 5.86. The maximum atomic E-state index is 8.50. The average molecular weight is 235 g/mol. The number of hydrogen-bond donors (Lipinski definition) is 2. The van der Waals surface area contributed by atoms with Crippen molar-refractivity contribution in [2.24, 2.45) is 16.8 Å². The van der Waals surface area contributed by atoms with Gasteiger partial charge in [-0.2, -0.15) is 0 Å². The Morgan fingerprint density at radius 1 is 1.53 bits per heavy atom. The van der Waals surface area contributed by atoms with Gasteiger partial charge < -0.3 is 15.7 Å². The van der Waals surface area contributed by atoms with E-state index >= 15 is 0 Å². The maximum Gasteiger partial charge on any atom is 0.213 e. The highest BCUT2D eigenvalue weighted by Crippen LogP contribution is 2.29. The molecule has 0 aliphatic heterocycles. The summed E-state index contributed by atoms with van der Waals surface area (Å²) in [5.74, 6) is 1.48. The molecule has 17 heavy (non-hydrogen) atoms. The van der Waals surface area contributed by atoms with Crippen LogP contribution in [0, 0.1) is 5.92 Å². The van der Waals surface area contributed by atoms with Crippen LogP contribution in [0.4, 0.5) is 0 Å². The number of aromatic nitrogens is 1. The molecule has 1 aromatic heterocycles. The lowest BCUT2D eigenvalue weighted by Gasteiger charge is -2.24. The molecule has 0 aromatic carbocycles. The van der Waals surface area contributed by atoms with E-state index < -0.39 is 0 Å². The van der Waals surface area contributed by atoms with Gasteiger partial charge >= 0.3 is 0 Å². The number of nitrogens with two attached hydrogens (primary N) is 1. The molecule has 1 aromatic rings. The molecule has 0 saturated heterocycles. The molecule has 2 rings (SSSR count). The second-order valence-electron chi connectivity index (χ2n) is 4.30. The van der Waals surface area contributed by atoms with Crippen molar-refractivity contribution in [1.29, 1.82) is 0 Å². The minimum atomic E-state index is 0.0542. The molecule has 1 aliphatic rings. The van der Waals surface area contributed by atoms with Gasteiger partial charge in [-0.15, -0.1) is 0 Å². The summed E-state index contributed by atoms with van der Waals surface area (Å²) in [5.41, 5.74) is 6.01. The summed E-state index contributed by atoms with van der Waals surface area (Å²) in [6.07, 6.45) is 6.66. The topological polar surface area (TPSA) is 80.7 Å². The molecule has 0 atom stereocenters. The van der Waals surface area contributed by atoms with Crippen molar-refractivity contribution < 1.29 is 9.94 Å². The Balaban J connectivity index is 1.80. The highest BCUT2D eigenvalue weighted by atomic mass is 16.5. The third-order valence-corrected chi connectivity index (χ3v) is 3.14.